The highest BCUT2D eigenvalue weighted by Gasteiger charge is 2.19. The van der Waals surface area contributed by atoms with Gasteiger partial charge in [0.1, 0.15) is 0 Å². The molecule has 0 aliphatic rings. The number of hydrogen-bond donors (Lipinski definition) is 0. The maximum Gasteiger partial charge on any atom is 0.0972 e. The molecule has 4 nitrogen and oxygen atoms in total. The van der Waals surface area contributed by atoms with Crippen LogP contribution >= 0.6 is 0 Å². The summed E-state index contributed by atoms with van der Waals surface area (Å²) in [5.41, 5.74) is 13.2. The van der Waals surface area contributed by atoms with E-state index in [1.54, 1.807) is 0 Å². The van der Waals surface area contributed by atoms with E-state index in [1.807, 2.05) is 12.3 Å². The van der Waals surface area contributed by atoms with E-state index in [4.69, 9.17) is 4.98 Å². The number of anilines is 3. The molecule has 3 aromatic heterocycles. The number of pyridine rings is 2. The summed E-state index contributed by atoms with van der Waals surface area (Å²) in [7, 11) is 0. The SMILES string of the molecule is Cc1cc(-n2c3ccccc3c3cc(N(c4ccccc4)c4ccccc4)ccc32)c(C)cc1-c1ccc2ccc3cccnc3c2n1. The van der Waals surface area contributed by atoms with Crippen molar-refractivity contribution in [2.75, 3.05) is 4.90 Å². The minimum Gasteiger partial charge on any atom is -0.310 e. The van der Waals surface area contributed by atoms with Crippen LogP contribution in [0.3, 0.4) is 0 Å². The summed E-state index contributed by atoms with van der Waals surface area (Å²) in [4.78, 5) is 12.2. The van der Waals surface area contributed by atoms with Crippen molar-refractivity contribution in [1.82, 2.24) is 14.5 Å². The first-order valence-corrected chi connectivity index (χ1v) is 16.3. The quantitative estimate of drug-likeness (QED) is 0.180. The van der Waals surface area contributed by atoms with Crippen LogP contribution in [0.25, 0.3) is 60.6 Å². The van der Waals surface area contributed by atoms with Gasteiger partial charge in [0.25, 0.3) is 0 Å². The second-order valence-electron chi connectivity index (χ2n) is 12.4. The first-order valence-electron chi connectivity index (χ1n) is 16.3. The average molecular weight is 617 g/mol. The summed E-state index contributed by atoms with van der Waals surface area (Å²) in [6.45, 7) is 4.40. The molecule has 0 N–H and O–H groups in total. The van der Waals surface area contributed by atoms with Gasteiger partial charge in [-0.2, -0.15) is 0 Å². The molecule has 9 aromatic rings. The molecule has 48 heavy (non-hydrogen) atoms. The van der Waals surface area contributed by atoms with Crippen molar-refractivity contribution in [2.45, 2.75) is 13.8 Å². The molecular weight excluding hydrogens is 585 g/mol. The van der Waals surface area contributed by atoms with Crippen molar-refractivity contribution in [3.63, 3.8) is 0 Å². The van der Waals surface area contributed by atoms with Crippen LogP contribution in [0.15, 0.2) is 158 Å². The summed E-state index contributed by atoms with van der Waals surface area (Å²) >= 11 is 0. The highest BCUT2D eigenvalue weighted by Crippen LogP contribution is 2.40. The topological polar surface area (TPSA) is 34.0 Å². The normalized spacial score (nSPS) is 11.5. The number of rotatable bonds is 5. The number of para-hydroxylation sites is 3. The molecule has 0 bridgehead atoms. The molecule has 6 aromatic carbocycles. The van der Waals surface area contributed by atoms with E-state index in [0.29, 0.717) is 0 Å². The highest BCUT2D eigenvalue weighted by atomic mass is 15.1. The smallest absolute Gasteiger partial charge is 0.0972 e. The molecule has 0 saturated heterocycles. The Balaban J connectivity index is 1.21. The molecule has 0 radical (unpaired) electrons. The maximum absolute atomic E-state index is 5.17. The van der Waals surface area contributed by atoms with E-state index in [0.717, 1.165) is 50.1 Å². The van der Waals surface area contributed by atoms with Gasteiger partial charge in [-0.15, -0.1) is 0 Å². The fraction of sp³-hybridized carbons (Fsp3) is 0.0455. The molecular formula is C44H32N4. The summed E-state index contributed by atoms with van der Waals surface area (Å²) in [5.74, 6) is 0. The molecule has 0 aliphatic carbocycles. The maximum atomic E-state index is 5.17. The molecule has 0 unspecified atom stereocenters. The average Bonchev–Trinajstić information content (AvgIpc) is 3.47. The van der Waals surface area contributed by atoms with Crippen molar-refractivity contribution < 1.29 is 0 Å². The second kappa shape index (κ2) is 11.2. The van der Waals surface area contributed by atoms with Crippen molar-refractivity contribution in [2.24, 2.45) is 0 Å². The van der Waals surface area contributed by atoms with Crippen LogP contribution in [0.2, 0.25) is 0 Å². The van der Waals surface area contributed by atoms with Gasteiger partial charge < -0.3 is 9.47 Å². The summed E-state index contributed by atoms with van der Waals surface area (Å²) in [6, 6.07) is 54.0. The van der Waals surface area contributed by atoms with Crippen LogP contribution in [0, 0.1) is 13.8 Å². The van der Waals surface area contributed by atoms with Crippen LogP contribution in [0.1, 0.15) is 11.1 Å². The van der Waals surface area contributed by atoms with Gasteiger partial charge >= 0.3 is 0 Å². The third-order valence-corrected chi connectivity index (χ3v) is 9.44. The number of aryl methyl sites for hydroxylation is 2. The predicted octanol–water partition coefficient (Wildman–Crippen LogP) is 11.6. The van der Waals surface area contributed by atoms with Crippen LogP contribution < -0.4 is 4.90 Å². The lowest BCUT2D eigenvalue weighted by molar-refractivity contribution is 1.14. The standard InChI is InChI=1S/C44H32N4/c1-29-27-42(30(2)26-37(29)39-23-21-32-20-19-31-12-11-25-45-43(31)44(32)46-39)48-40-18-10-9-17-36(40)38-28-35(22-24-41(38)48)47(33-13-5-3-6-14-33)34-15-7-4-8-16-34/h3-28H,1-2H3. The van der Waals surface area contributed by atoms with Crippen molar-refractivity contribution in [3.05, 3.63) is 169 Å². The lowest BCUT2D eigenvalue weighted by Gasteiger charge is -2.25. The molecule has 0 saturated carbocycles. The Morgan fingerprint density at radius 1 is 0.500 bits per heavy atom. The Labute approximate surface area is 279 Å². The third kappa shape index (κ3) is 4.53. The third-order valence-electron chi connectivity index (χ3n) is 9.44. The van der Waals surface area contributed by atoms with Gasteiger partial charge in [-0.25, -0.2) is 4.98 Å². The van der Waals surface area contributed by atoms with Crippen molar-refractivity contribution in [3.8, 4) is 16.9 Å². The van der Waals surface area contributed by atoms with E-state index < -0.39 is 0 Å². The molecule has 0 spiro atoms. The largest absolute Gasteiger partial charge is 0.310 e. The zero-order valence-corrected chi connectivity index (χ0v) is 26.8. The van der Waals surface area contributed by atoms with Gasteiger partial charge in [-0.3, -0.25) is 4.98 Å². The minimum absolute atomic E-state index is 0.935. The fourth-order valence-corrected chi connectivity index (χ4v) is 7.15. The monoisotopic (exact) mass is 616 g/mol. The zero-order valence-electron chi connectivity index (χ0n) is 26.8. The van der Waals surface area contributed by atoms with Gasteiger partial charge in [0, 0.05) is 56.1 Å². The van der Waals surface area contributed by atoms with Gasteiger partial charge in [-0.05, 0) is 97.8 Å². The molecule has 0 aliphatic heterocycles. The Kier molecular flexibility index (Phi) is 6.54. The number of aromatic nitrogens is 3. The van der Waals surface area contributed by atoms with Gasteiger partial charge in [0.2, 0.25) is 0 Å². The van der Waals surface area contributed by atoms with Gasteiger partial charge in [-0.1, -0.05) is 78.9 Å². The van der Waals surface area contributed by atoms with Crippen LogP contribution in [0.5, 0.6) is 0 Å². The number of benzene rings is 6. The Hall–Kier alpha value is -6.26. The predicted molar refractivity (Wildman–Crippen MR) is 201 cm³/mol. The zero-order chi connectivity index (χ0) is 32.2. The number of fused-ring (bicyclic) bond motifs is 6. The highest BCUT2D eigenvalue weighted by molar-refractivity contribution is 6.11. The van der Waals surface area contributed by atoms with Crippen LogP contribution in [-0.4, -0.2) is 14.5 Å². The van der Waals surface area contributed by atoms with E-state index in [1.165, 1.54) is 38.6 Å². The van der Waals surface area contributed by atoms with Crippen molar-refractivity contribution in [1.29, 1.82) is 0 Å². The Morgan fingerprint density at radius 2 is 1.17 bits per heavy atom. The molecule has 228 valence electrons. The van der Waals surface area contributed by atoms with Crippen molar-refractivity contribution >= 4 is 60.7 Å². The summed E-state index contributed by atoms with van der Waals surface area (Å²) in [5, 5.41) is 4.64. The lowest BCUT2D eigenvalue weighted by atomic mass is 9.99. The molecule has 0 amide bonds. The first-order chi connectivity index (χ1) is 23.6. The lowest BCUT2D eigenvalue weighted by Crippen LogP contribution is -2.09. The van der Waals surface area contributed by atoms with Crippen LogP contribution in [-0.2, 0) is 0 Å². The van der Waals surface area contributed by atoms with Crippen LogP contribution in [0.4, 0.5) is 17.1 Å². The second-order valence-corrected chi connectivity index (χ2v) is 12.4. The first kappa shape index (κ1) is 28.0. The molecule has 0 fully saturated rings. The van der Waals surface area contributed by atoms with E-state index in [2.05, 4.69) is 174 Å². The van der Waals surface area contributed by atoms with E-state index in [9.17, 15) is 0 Å². The molecule has 3 heterocycles. The summed E-state index contributed by atoms with van der Waals surface area (Å²) < 4.78 is 2.42. The Bertz CT molecular complexity index is 2600. The molecule has 0 atom stereocenters. The fourth-order valence-electron chi connectivity index (χ4n) is 7.15. The minimum atomic E-state index is 0.935. The summed E-state index contributed by atoms with van der Waals surface area (Å²) in [6.07, 6.45) is 1.84. The number of hydrogen-bond acceptors (Lipinski definition) is 3. The van der Waals surface area contributed by atoms with E-state index in [-0.39, 0.29) is 0 Å². The molecule has 9 rings (SSSR count). The van der Waals surface area contributed by atoms with E-state index >= 15 is 0 Å². The van der Waals surface area contributed by atoms with Gasteiger partial charge in [0.15, 0.2) is 0 Å². The van der Waals surface area contributed by atoms with Gasteiger partial charge in [0.05, 0.1) is 27.8 Å². The number of nitrogens with zero attached hydrogens (tertiary/aromatic N) is 4. The molecule has 4 heteroatoms. The Morgan fingerprint density at radius 3 is 1.94 bits per heavy atom.